The second-order valence-electron chi connectivity index (χ2n) is 2.91. The smallest absolute Gasteiger partial charge is 0.407 e. The number of amides is 1. The van der Waals surface area contributed by atoms with Gasteiger partial charge in [0.25, 0.3) is 0 Å². The zero-order valence-corrected chi connectivity index (χ0v) is 6.71. The van der Waals surface area contributed by atoms with Crippen LogP contribution in [0.3, 0.4) is 0 Å². The summed E-state index contributed by atoms with van der Waals surface area (Å²) < 4.78 is 0. The Morgan fingerprint density at radius 2 is 2.36 bits per heavy atom. The lowest BCUT2D eigenvalue weighted by atomic mass is 10.2. The number of rotatable bonds is 0. The van der Waals surface area contributed by atoms with Gasteiger partial charge < -0.3 is 15.3 Å². The molecule has 0 aliphatic carbocycles. The van der Waals surface area contributed by atoms with Gasteiger partial charge in [0.2, 0.25) is 0 Å². The predicted molar refractivity (Wildman–Crippen MR) is 41.7 cm³/mol. The predicted octanol–water partition coefficient (Wildman–Crippen LogP) is 0.348. The van der Waals surface area contributed by atoms with E-state index < -0.39 is 6.09 Å². The number of hydrogen-bond acceptors (Lipinski definition) is 2. The van der Waals surface area contributed by atoms with Crippen LogP contribution in [0.15, 0.2) is 0 Å². The van der Waals surface area contributed by atoms with E-state index in [1.54, 1.807) is 0 Å². The van der Waals surface area contributed by atoms with Crippen LogP contribution in [0.1, 0.15) is 13.3 Å². The van der Waals surface area contributed by atoms with E-state index in [9.17, 15) is 4.79 Å². The lowest BCUT2D eigenvalue weighted by molar-refractivity contribution is 0.148. The Balaban J connectivity index is 2.40. The van der Waals surface area contributed by atoms with Crippen LogP contribution in [-0.2, 0) is 0 Å². The number of nitrogens with one attached hydrogen (secondary N) is 1. The highest BCUT2D eigenvalue weighted by Gasteiger charge is 2.15. The molecule has 2 N–H and O–H groups in total. The third-order valence-corrected chi connectivity index (χ3v) is 1.98. The number of nitrogens with zero attached hydrogens (tertiary/aromatic N) is 1. The molecule has 1 heterocycles. The lowest BCUT2D eigenvalue weighted by Gasteiger charge is -2.14. The summed E-state index contributed by atoms with van der Waals surface area (Å²) in [6, 6.07) is 0.444. The third-order valence-electron chi connectivity index (χ3n) is 1.98. The van der Waals surface area contributed by atoms with Gasteiger partial charge in [-0.05, 0) is 13.3 Å². The summed E-state index contributed by atoms with van der Waals surface area (Å²) in [4.78, 5) is 12.0. The molecule has 1 amide bonds. The molecular formula is C7H14N2O2. The summed E-state index contributed by atoms with van der Waals surface area (Å²) in [5, 5.41) is 11.9. The van der Waals surface area contributed by atoms with Crippen LogP contribution in [0.5, 0.6) is 0 Å². The summed E-state index contributed by atoms with van der Waals surface area (Å²) in [5.74, 6) is 0. The maximum atomic E-state index is 10.5. The Bertz CT molecular complexity index is 149. The van der Waals surface area contributed by atoms with Crippen LogP contribution in [0.25, 0.3) is 0 Å². The number of hydrogen-bond donors (Lipinski definition) is 2. The van der Waals surface area contributed by atoms with Gasteiger partial charge >= 0.3 is 6.09 Å². The van der Waals surface area contributed by atoms with E-state index in [0.717, 1.165) is 13.0 Å². The summed E-state index contributed by atoms with van der Waals surface area (Å²) in [6.45, 7) is 4.11. The maximum absolute atomic E-state index is 10.5. The molecule has 4 heteroatoms. The van der Waals surface area contributed by atoms with Crippen molar-refractivity contribution in [2.24, 2.45) is 0 Å². The Kier molecular flexibility index (Phi) is 2.70. The van der Waals surface area contributed by atoms with Gasteiger partial charge in [-0.15, -0.1) is 0 Å². The van der Waals surface area contributed by atoms with Crippen LogP contribution < -0.4 is 5.32 Å². The van der Waals surface area contributed by atoms with Crippen LogP contribution in [-0.4, -0.2) is 41.8 Å². The first-order chi connectivity index (χ1) is 5.20. The topological polar surface area (TPSA) is 52.6 Å². The first-order valence-electron chi connectivity index (χ1n) is 3.91. The summed E-state index contributed by atoms with van der Waals surface area (Å²) in [5.41, 5.74) is 0. The Hall–Kier alpha value is -0.770. The summed E-state index contributed by atoms with van der Waals surface area (Å²) in [6.07, 6.45) is 0.104. The minimum absolute atomic E-state index is 0.444. The van der Waals surface area contributed by atoms with Gasteiger partial charge in [-0.25, -0.2) is 4.79 Å². The fourth-order valence-electron chi connectivity index (χ4n) is 1.20. The minimum Gasteiger partial charge on any atom is -0.465 e. The van der Waals surface area contributed by atoms with Crippen molar-refractivity contribution in [3.63, 3.8) is 0 Å². The van der Waals surface area contributed by atoms with Crippen LogP contribution >= 0.6 is 0 Å². The van der Waals surface area contributed by atoms with E-state index in [1.807, 2.05) is 0 Å². The fourth-order valence-corrected chi connectivity index (χ4v) is 1.20. The normalized spacial score (nSPS) is 26.3. The van der Waals surface area contributed by atoms with Crippen molar-refractivity contribution in [2.75, 3.05) is 19.6 Å². The molecule has 0 unspecified atom stereocenters. The molecule has 1 aliphatic rings. The molecule has 11 heavy (non-hydrogen) atoms. The van der Waals surface area contributed by atoms with Crippen molar-refractivity contribution in [1.29, 1.82) is 0 Å². The second kappa shape index (κ2) is 3.57. The van der Waals surface area contributed by atoms with Gasteiger partial charge in [-0.1, -0.05) is 0 Å². The van der Waals surface area contributed by atoms with Crippen molar-refractivity contribution in [2.45, 2.75) is 19.4 Å². The standard InChI is InChI=1S/C7H14N2O2/c1-6-2-4-9(7(10)11)5-3-8-6/h6,8H,2-5H2,1H3,(H,10,11)/t6-/m0/s1. The van der Waals surface area contributed by atoms with Crippen molar-refractivity contribution < 1.29 is 9.90 Å². The molecule has 0 saturated carbocycles. The summed E-state index contributed by atoms with van der Waals surface area (Å²) in [7, 11) is 0. The van der Waals surface area contributed by atoms with Gasteiger partial charge in [0.1, 0.15) is 0 Å². The molecular weight excluding hydrogens is 144 g/mol. The molecule has 0 spiro atoms. The second-order valence-corrected chi connectivity index (χ2v) is 2.91. The minimum atomic E-state index is -0.805. The first kappa shape index (κ1) is 8.33. The molecule has 0 radical (unpaired) electrons. The van der Waals surface area contributed by atoms with E-state index in [0.29, 0.717) is 19.1 Å². The van der Waals surface area contributed by atoms with E-state index in [2.05, 4.69) is 12.2 Å². The molecule has 4 nitrogen and oxygen atoms in total. The van der Waals surface area contributed by atoms with Crippen LogP contribution in [0, 0.1) is 0 Å². The van der Waals surface area contributed by atoms with Crippen molar-refractivity contribution >= 4 is 6.09 Å². The van der Waals surface area contributed by atoms with Crippen LogP contribution in [0.2, 0.25) is 0 Å². The highest BCUT2D eigenvalue weighted by Crippen LogP contribution is 2.00. The molecule has 64 valence electrons. The average molecular weight is 158 g/mol. The molecule has 1 rings (SSSR count). The van der Waals surface area contributed by atoms with Crippen molar-refractivity contribution in [3.05, 3.63) is 0 Å². The van der Waals surface area contributed by atoms with E-state index in [4.69, 9.17) is 5.11 Å². The van der Waals surface area contributed by atoms with Gasteiger partial charge in [0, 0.05) is 25.7 Å². The highest BCUT2D eigenvalue weighted by molar-refractivity contribution is 5.64. The van der Waals surface area contributed by atoms with E-state index in [1.165, 1.54) is 4.90 Å². The summed E-state index contributed by atoms with van der Waals surface area (Å²) >= 11 is 0. The molecule has 1 atom stereocenters. The van der Waals surface area contributed by atoms with Crippen molar-refractivity contribution in [3.8, 4) is 0 Å². The molecule has 1 fully saturated rings. The van der Waals surface area contributed by atoms with E-state index >= 15 is 0 Å². The van der Waals surface area contributed by atoms with Gasteiger partial charge in [0.15, 0.2) is 0 Å². The maximum Gasteiger partial charge on any atom is 0.407 e. The van der Waals surface area contributed by atoms with Crippen molar-refractivity contribution in [1.82, 2.24) is 10.2 Å². The Labute approximate surface area is 66.2 Å². The van der Waals surface area contributed by atoms with Gasteiger partial charge in [-0.2, -0.15) is 0 Å². The lowest BCUT2D eigenvalue weighted by Crippen LogP contribution is -2.32. The van der Waals surface area contributed by atoms with Gasteiger partial charge in [0.05, 0.1) is 0 Å². The monoisotopic (exact) mass is 158 g/mol. The number of carboxylic acid groups (broad SMARTS) is 1. The van der Waals surface area contributed by atoms with Gasteiger partial charge in [-0.3, -0.25) is 0 Å². The quantitative estimate of drug-likeness (QED) is 0.534. The molecule has 1 aliphatic heterocycles. The Morgan fingerprint density at radius 1 is 1.64 bits per heavy atom. The molecule has 0 aromatic rings. The van der Waals surface area contributed by atoms with Crippen LogP contribution in [0.4, 0.5) is 4.79 Å². The Morgan fingerprint density at radius 3 is 3.00 bits per heavy atom. The van der Waals surface area contributed by atoms with E-state index in [-0.39, 0.29) is 0 Å². The molecule has 0 aromatic carbocycles. The third kappa shape index (κ3) is 2.38. The highest BCUT2D eigenvalue weighted by atomic mass is 16.4. The number of carbonyl (C=O) groups is 1. The molecule has 0 aromatic heterocycles. The zero-order valence-electron chi connectivity index (χ0n) is 6.71. The first-order valence-corrected chi connectivity index (χ1v) is 3.91. The average Bonchev–Trinajstić information content (AvgIpc) is 2.13. The molecule has 0 bridgehead atoms. The largest absolute Gasteiger partial charge is 0.465 e. The fraction of sp³-hybridized carbons (Fsp3) is 0.857. The zero-order chi connectivity index (χ0) is 8.27. The SMILES string of the molecule is C[C@H]1CCN(C(=O)O)CCN1. The molecule has 1 saturated heterocycles.